The lowest BCUT2D eigenvalue weighted by molar-refractivity contribution is 0.0722. The van der Waals surface area contributed by atoms with Crippen molar-refractivity contribution in [3.05, 3.63) is 92.0 Å². The fourth-order valence-corrected chi connectivity index (χ4v) is 6.92. The van der Waals surface area contributed by atoms with Crippen molar-refractivity contribution >= 4 is 17.2 Å². The number of nitrogens with zero attached hydrogens (tertiary/aromatic N) is 3. The van der Waals surface area contributed by atoms with Gasteiger partial charge in [0.25, 0.3) is 11.5 Å². The van der Waals surface area contributed by atoms with Crippen LogP contribution in [0.2, 0.25) is 0 Å². The number of benzene rings is 2. The summed E-state index contributed by atoms with van der Waals surface area (Å²) in [5, 5.41) is 0.571. The molecule has 0 radical (unpaired) electrons. The van der Waals surface area contributed by atoms with Crippen LogP contribution >= 0.6 is 11.3 Å². The summed E-state index contributed by atoms with van der Waals surface area (Å²) in [5.41, 5.74) is 6.20. The largest absolute Gasteiger partial charge is 0.339 e. The maximum Gasteiger partial charge on any atom is 0.265 e. The van der Waals surface area contributed by atoms with Crippen molar-refractivity contribution < 1.29 is 9.18 Å². The summed E-state index contributed by atoms with van der Waals surface area (Å²) < 4.78 is 15.5. The van der Waals surface area contributed by atoms with Gasteiger partial charge in [-0.05, 0) is 92.8 Å². The summed E-state index contributed by atoms with van der Waals surface area (Å²) in [6.45, 7) is 11.9. The van der Waals surface area contributed by atoms with Crippen LogP contribution in [0, 0.1) is 18.7 Å². The Kier molecular flexibility index (Phi) is 9.07. The number of aryl methyl sites for hydroxylation is 3. The number of thiazole rings is 1. The van der Waals surface area contributed by atoms with Gasteiger partial charge in [0.1, 0.15) is 10.8 Å². The first-order chi connectivity index (χ1) is 20.2. The molecule has 1 amide bonds. The smallest absolute Gasteiger partial charge is 0.265 e. The summed E-state index contributed by atoms with van der Waals surface area (Å²) in [6, 6.07) is 14.3. The van der Waals surface area contributed by atoms with E-state index in [0.29, 0.717) is 22.6 Å². The Hall–Kier alpha value is -3.58. The number of hydrogen-bond donors (Lipinski definition) is 0. The summed E-state index contributed by atoms with van der Waals surface area (Å²) in [6.07, 6.45) is 5.24. The Balaban J connectivity index is 1.82. The third kappa shape index (κ3) is 5.84. The molecular weight excluding hydrogens is 545 g/mol. The van der Waals surface area contributed by atoms with Gasteiger partial charge in [-0.15, -0.1) is 11.3 Å². The Labute approximate surface area is 252 Å². The van der Waals surface area contributed by atoms with Crippen molar-refractivity contribution in [2.75, 3.05) is 13.1 Å². The highest BCUT2D eigenvalue weighted by molar-refractivity contribution is 7.15. The maximum absolute atomic E-state index is 14.7. The Morgan fingerprint density at radius 2 is 1.64 bits per heavy atom. The van der Waals surface area contributed by atoms with Gasteiger partial charge in [0.05, 0.1) is 22.5 Å². The molecule has 0 saturated carbocycles. The zero-order chi connectivity index (χ0) is 30.0. The van der Waals surface area contributed by atoms with Crippen LogP contribution in [0.3, 0.4) is 0 Å². The second-order valence-corrected chi connectivity index (χ2v) is 12.8. The van der Waals surface area contributed by atoms with E-state index >= 15 is 0 Å². The van der Waals surface area contributed by atoms with E-state index < -0.39 is 0 Å². The van der Waals surface area contributed by atoms with Gasteiger partial charge < -0.3 is 4.90 Å². The Bertz CT molecular complexity index is 1620. The highest BCUT2D eigenvalue weighted by atomic mass is 32.1. The zero-order valence-corrected chi connectivity index (χ0v) is 26.1. The number of amides is 1. The van der Waals surface area contributed by atoms with Crippen molar-refractivity contribution in [1.82, 2.24) is 14.5 Å². The van der Waals surface area contributed by atoms with Gasteiger partial charge in [-0.1, -0.05) is 45.9 Å². The van der Waals surface area contributed by atoms with E-state index in [0.717, 1.165) is 83.8 Å². The molecule has 5 nitrogen and oxygen atoms in total. The van der Waals surface area contributed by atoms with Crippen molar-refractivity contribution in [3.8, 4) is 27.5 Å². The minimum absolute atomic E-state index is 0.0144. The SMILES string of the molecule is CCc1cccc(CC)c1-n1c(CC(C)C)c(C(=O)N2CCCCC2)cc(-c2nc(-c3ccc(F)cc3)c(C)s2)c1=O. The van der Waals surface area contributed by atoms with Crippen molar-refractivity contribution in [3.63, 3.8) is 0 Å². The molecule has 1 saturated heterocycles. The van der Waals surface area contributed by atoms with Crippen molar-refractivity contribution in [2.45, 2.75) is 73.1 Å². The Morgan fingerprint density at radius 1 is 1.00 bits per heavy atom. The monoisotopic (exact) mass is 585 g/mol. The number of pyridine rings is 1. The molecule has 0 aliphatic carbocycles. The molecule has 1 aliphatic heterocycles. The van der Waals surface area contributed by atoms with Crippen molar-refractivity contribution in [1.29, 1.82) is 0 Å². The van der Waals surface area contributed by atoms with Crippen LogP contribution in [0.1, 0.15) is 79.0 Å². The molecule has 0 spiro atoms. The molecular formula is C35H40FN3O2S. The summed E-state index contributed by atoms with van der Waals surface area (Å²) >= 11 is 1.44. The molecule has 5 rings (SSSR count). The number of piperidine rings is 1. The fraction of sp³-hybridized carbons (Fsp3) is 0.400. The van der Waals surface area contributed by atoms with Gasteiger partial charge in [-0.2, -0.15) is 0 Å². The molecule has 4 aromatic rings. The van der Waals surface area contributed by atoms with Crippen molar-refractivity contribution in [2.24, 2.45) is 5.92 Å². The number of halogens is 1. The van der Waals surface area contributed by atoms with E-state index in [1.807, 2.05) is 16.4 Å². The molecule has 220 valence electrons. The highest BCUT2D eigenvalue weighted by Crippen LogP contribution is 2.35. The summed E-state index contributed by atoms with van der Waals surface area (Å²) in [5.74, 6) is -0.0856. The van der Waals surface area contributed by atoms with E-state index in [1.54, 1.807) is 18.2 Å². The van der Waals surface area contributed by atoms with Gasteiger partial charge in [0, 0.05) is 29.2 Å². The zero-order valence-electron chi connectivity index (χ0n) is 25.3. The van der Waals surface area contributed by atoms with Crippen LogP contribution in [0.15, 0.2) is 53.3 Å². The van der Waals surface area contributed by atoms with Crippen LogP contribution in [-0.4, -0.2) is 33.4 Å². The van der Waals surface area contributed by atoms with E-state index in [2.05, 4.69) is 45.9 Å². The molecule has 2 aromatic carbocycles. The highest BCUT2D eigenvalue weighted by Gasteiger charge is 2.28. The molecule has 0 bridgehead atoms. The third-order valence-electron chi connectivity index (χ3n) is 8.11. The lowest BCUT2D eigenvalue weighted by Crippen LogP contribution is -2.38. The number of carbonyl (C=O) groups excluding carboxylic acids is 1. The third-order valence-corrected chi connectivity index (χ3v) is 9.12. The molecule has 1 aliphatic rings. The van der Waals surface area contributed by atoms with E-state index in [-0.39, 0.29) is 23.2 Å². The van der Waals surface area contributed by atoms with E-state index in [4.69, 9.17) is 4.98 Å². The van der Waals surface area contributed by atoms with Crippen LogP contribution in [0.5, 0.6) is 0 Å². The summed E-state index contributed by atoms with van der Waals surface area (Å²) in [7, 11) is 0. The minimum Gasteiger partial charge on any atom is -0.339 e. The molecule has 0 N–H and O–H groups in total. The maximum atomic E-state index is 14.7. The standard InChI is InChI=1S/C35H40FN3O2S/c1-6-24-12-11-13-25(7-2)32(24)39-30(20-22(3)4)28(34(40)38-18-9-8-10-19-38)21-29(35(39)41)33-37-31(23(5)42-33)26-14-16-27(36)17-15-26/h11-17,21-22H,6-10,18-20H2,1-5H3. The number of carbonyl (C=O) groups is 1. The first kappa shape index (κ1) is 29.9. The predicted octanol–water partition coefficient (Wildman–Crippen LogP) is 8.02. The van der Waals surface area contributed by atoms with Gasteiger partial charge >= 0.3 is 0 Å². The lowest BCUT2D eigenvalue weighted by atomic mass is 9.96. The molecule has 2 aromatic heterocycles. The average molecular weight is 586 g/mol. The Morgan fingerprint density at radius 3 is 2.24 bits per heavy atom. The van der Waals surface area contributed by atoms with E-state index in [9.17, 15) is 14.0 Å². The number of para-hydroxylation sites is 1. The molecule has 3 heterocycles. The summed E-state index contributed by atoms with van der Waals surface area (Å²) in [4.78, 5) is 36.8. The molecule has 42 heavy (non-hydrogen) atoms. The minimum atomic E-state index is -0.308. The molecule has 0 atom stereocenters. The number of likely N-dealkylation sites (tertiary alicyclic amines) is 1. The van der Waals surface area contributed by atoms with Crippen LogP contribution in [0.4, 0.5) is 4.39 Å². The molecule has 0 unspecified atom stereocenters. The number of rotatable bonds is 8. The second-order valence-electron chi connectivity index (χ2n) is 11.6. The quantitative estimate of drug-likeness (QED) is 0.210. The topological polar surface area (TPSA) is 55.2 Å². The van der Waals surface area contributed by atoms with Gasteiger partial charge in [0.2, 0.25) is 0 Å². The van der Waals surface area contributed by atoms with E-state index in [1.165, 1.54) is 23.5 Å². The number of aromatic nitrogens is 2. The van der Waals surface area contributed by atoms with Crippen LogP contribution in [0.25, 0.3) is 27.5 Å². The average Bonchev–Trinajstić information content (AvgIpc) is 3.38. The van der Waals surface area contributed by atoms with Gasteiger partial charge in [-0.3, -0.25) is 14.2 Å². The normalized spacial score (nSPS) is 13.6. The first-order valence-electron chi connectivity index (χ1n) is 15.2. The first-order valence-corrected chi connectivity index (χ1v) is 16.0. The number of hydrogen-bond acceptors (Lipinski definition) is 4. The van der Waals surface area contributed by atoms with Gasteiger partial charge in [0.15, 0.2) is 0 Å². The molecule has 7 heteroatoms. The van der Waals surface area contributed by atoms with Crippen LogP contribution < -0.4 is 5.56 Å². The second kappa shape index (κ2) is 12.7. The van der Waals surface area contributed by atoms with Gasteiger partial charge in [-0.25, -0.2) is 9.37 Å². The lowest BCUT2D eigenvalue weighted by Gasteiger charge is -2.29. The fourth-order valence-electron chi connectivity index (χ4n) is 5.97. The predicted molar refractivity (Wildman–Crippen MR) is 170 cm³/mol. The molecule has 1 fully saturated rings. The van der Waals surface area contributed by atoms with Crippen LogP contribution in [-0.2, 0) is 19.3 Å².